The summed E-state index contributed by atoms with van der Waals surface area (Å²) in [5.74, 6) is 0. The molecule has 9 heavy (non-hydrogen) atoms. The standard InChI is InChI=1S/C5H10N.CH4N.Y/c1-2-4-6-5-3-1;1-2;/h1,6H,2-5H2;2H,1H3;/q2*-1;. The Bertz CT molecular complexity index is 26.5. The fourth-order valence-electron chi connectivity index (χ4n) is 0.678. The third-order valence-corrected chi connectivity index (χ3v) is 1.05. The molecule has 0 aromatic heterocycles. The van der Waals surface area contributed by atoms with Crippen molar-refractivity contribution >= 4 is 0 Å². The molecule has 0 unspecified atom stereocenters. The van der Waals surface area contributed by atoms with Crippen molar-refractivity contribution < 1.29 is 32.7 Å². The van der Waals surface area contributed by atoms with Gasteiger partial charge in [0.1, 0.15) is 0 Å². The zero-order chi connectivity index (χ0) is 6.24. The Morgan fingerprint density at radius 1 is 1.22 bits per heavy atom. The van der Waals surface area contributed by atoms with Gasteiger partial charge >= 0.3 is 0 Å². The van der Waals surface area contributed by atoms with Gasteiger partial charge in [-0.3, -0.25) is 0 Å². The quantitative estimate of drug-likeness (QED) is 0.590. The molecule has 1 saturated heterocycles. The zero-order valence-electron chi connectivity index (χ0n) is 5.98. The van der Waals surface area contributed by atoms with Gasteiger partial charge in [0, 0.05) is 32.7 Å². The fourth-order valence-corrected chi connectivity index (χ4v) is 0.678. The maximum atomic E-state index is 5.75. The minimum Gasteiger partial charge on any atom is -0.680 e. The van der Waals surface area contributed by atoms with Crippen LogP contribution in [0.2, 0.25) is 0 Å². The summed E-state index contributed by atoms with van der Waals surface area (Å²) in [6, 6.07) is 0. The normalized spacial score (nSPS) is 16.7. The molecule has 0 aliphatic carbocycles. The number of nitrogens with one attached hydrogen (secondary N) is 2. The summed E-state index contributed by atoms with van der Waals surface area (Å²) in [5, 5.41) is 3.25. The third-order valence-electron chi connectivity index (χ3n) is 1.05. The second kappa shape index (κ2) is 11.8. The maximum Gasteiger partial charge on any atom is 0 e. The Morgan fingerprint density at radius 2 is 1.67 bits per heavy atom. The minimum atomic E-state index is 0. The molecule has 53 valence electrons. The van der Waals surface area contributed by atoms with Crippen LogP contribution in [0.1, 0.15) is 12.8 Å². The summed E-state index contributed by atoms with van der Waals surface area (Å²) in [6.07, 6.45) is 4.86. The average Bonchev–Trinajstić information content (AvgIpc) is 1.96. The second-order valence-electron chi connectivity index (χ2n) is 1.62. The molecule has 1 fully saturated rings. The van der Waals surface area contributed by atoms with E-state index in [2.05, 4.69) is 11.7 Å². The van der Waals surface area contributed by atoms with E-state index in [1.165, 1.54) is 33.0 Å². The van der Waals surface area contributed by atoms with Crippen molar-refractivity contribution in [3.63, 3.8) is 0 Å². The first kappa shape index (κ1) is 12.7. The molecule has 2 N–H and O–H groups in total. The summed E-state index contributed by atoms with van der Waals surface area (Å²) in [4.78, 5) is 0. The molecule has 0 spiro atoms. The summed E-state index contributed by atoms with van der Waals surface area (Å²) < 4.78 is 0. The van der Waals surface area contributed by atoms with Gasteiger partial charge < -0.3 is 17.5 Å². The Labute approximate surface area is 82.8 Å². The van der Waals surface area contributed by atoms with Gasteiger partial charge in [-0.1, -0.05) is 0 Å². The van der Waals surface area contributed by atoms with Crippen molar-refractivity contribution in [2.24, 2.45) is 0 Å². The molecule has 0 bridgehead atoms. The molecule has 0 saturated carbocycles. The summed E-state index contributed by atoms with van der Waals surface area (Å²) in [7, 11) is 1.25. The molecule has 1 heterocycles. The van der Waals surface area contributed by atoms with Crippen LogP contribution >= 0.6 is 0 Å². The first-order valence-corrected chi connectivity index (χ1v) is 3.02. The van der Waals surface area contributed by atoms with Gasteiger partial charge in [-0.2, -0.15) is 19.9 Å². The van der Waals surface area contributed by atoms with Crippen molar-refractivity contribution in [3.05, 3.63) is 12.2 Å². The van der Waals surface area contributed by atoms with Gasteiger partial charge in [-0.05, 0) is 13.1 Å². The van der Waals surface area contributed by atoms with E-state index >= 15 is 0 Å². The van der Waals surface area contributed by atoms with Crippen molar-refractivity contribution in [3.8, 4) is 0 Å². The minimum absolute atomic E-state index is 0. The predicted molar refractivity (Wildman–Crippen MR) is 36.6 cm³/mol. The van der Waals surface area contributed by atoms with Crippen LogP contribution in [0.4, 0.5) is 0 Å². The smallest absolute Gasteiger partial charge is 0 e. The van der Waals surface area contributed by atoms with Gasteiger partial charge in [0.05, 0.1) is 0 Å². The van der Waals surface area contributed by atoms with E-state index in [4.69, 9.17) is 5.73 Å². The molecule has 1 aliphatic heterocycles. The maximum absolute atomic E-state index is 5.75. The van der Waals surface area contributed by atoms with E-state index < -0.39 is 0 Å². The largest absolute Gasteiger partial charge is 0.680 e. The van der Waals surface area contributed by atoms with Crippen LogP contribution in [0.15, 0.2) is 0 Å². The molecule has 0 amide bonds. The number of rotatable bonds is 0. The second-order valence-corrected chi connectivity index (χ2v) is 1.62. The van der Waals surface area contributed by atoms with E-state index in [1.54, 1.807) is 0 Å². The van der Waals surface area contributed by atoms with Crippen molar-refractivity contribution in [2.75, 3.05) is 20.1 Å². The number of hydrogen-bond donors (Lipinski definition) is 1. The van der Waals surface area contributed by atoms with Gasteiger partial charge in [0.25, 0.3) is 0 Å². The summed E-state index contributed by atoms with van der Waals surface area (Å²) in [5.41, 5.74) is 5.75. The van der Waals surface area contributed by atoms with Crippen LogP contribution in [-0.4, -0.2) is 20.1 Å². The molecule has 1 radical (unpaired) electrons. The molecular weight excluding hydrogens is 189 g/mol. The van der Waals surface area contributed by atoms with E-state index in [0.29, 0.717) is 0 Å². The van der Waals surface area contributed by atoms with Gasteiger partial charge in [-0.15, -0.1) is 0 Å². The van der Waals surface area contributed by atoms with Crippen molar-refractivity contribution in [1.82, 2.24) is 5.32 Å². The van der Waals surface area contributed by atoms with E-state index in [-0.39, 0.29) is 32.7 Å². The Morgan fingerprint density at radius 3 is 1.78 bits per heavy atom. The van der Waals surface area contributed by atoms with Crippen LogP contribution in [0, 0.1) is 6.42 Å². The molecule has 3 heteroatoms. The van der Waals surface area contributed by atoms with E-state index in [9.17, 15) is 0 Å². The number of piperidine rings is 1. The van der Waals surface area contributed by atoms with Crippen LogP contribution < -0.4 is 5.32 Å². The topological polar surface area (TPSA) is 35.8 Å². The molecule has 0 atom stereocenters. The van der Waals surface area contributed by atoms with Crippen LogP contribution in [0.25, 0.3) is 5.73 Å². The Balaban J connectivity index is 0. The molecule has 2 nitrogen and oxygen atoms in total. The summed E-state index contributed by atoms with van der Waals surface area (Å²) in [6.45, 7) is 2.39. The zero-order valence-corrected chi connectivity index (χ0v) is 8.82. The number of hydrogen-bond acceptors (Lipinski definition) is 1. The van der Waals surface area contributed by atoms with E-state index in [0.717, 1.165) is 0 Å². The van der Waals surface area contributed by atoms with Crippen LogP contribution in [-0.2, 0) is 32.7 Å². The Hall–Kier alpha value is 1.02. The molecule has 1 rings (SSSR count). The fraction of sp³-hybridized carbons (Fsp3) is 0.833. The Kier molecular flexibility index (Phi) is 16.6. The van der Waals surface area contributed by atoms with Crippen LogP contribution in [0.3, 0.4) is 0 Å². The molecule has 1 aliphatic rings. The van der Waals surface area contributed by atoms with Gasteiger partial charge in [-0.25, -0.2) is 0 Å². The van der Waals surface area contributed by atoms with Gasteiger partial charge in [0.15, 0.2) is 0 Å². The van der Waals surface area contributed by atoms with E-state index in [1.807, 2.05) is 0 Å². The first-order chi connectivity index (χ1) is 4.00. The SMILES string of the molecule is C[NH-].[CH-]1CCNCC1.[Y]. The van der Waals surface area contributed by atoms with Crippen LogP contribution in [0.5, 0.6) is 0 Å². The first-order valence-electron chi connectivity index (χ1n) is 3.02. The average molecular weight is 203 g/mol. The van der Waals surface area contributed by atoms with Crippen molar-refractivity contribution in [2.45, 2.75) is 12.8 Å². The summed E-state index contributed by atoms with van der Waals surface area (Å²) >= 11 is 0. The predicted octanol–water partition coefficient (Wildman–Crippen LogP) is 1.24. The third kappa shape index (κ3) is 9.02. The monoisotopic (exact) mass is 203 g/mol. The molecule has 0 aromatic carbocycles. The molecule has 0 aromatic rings. The van der Waals surface area contributed by atoms with Gasteiger partial charge in [0.2, 0.25) is 0 Å². The molecular formula is C6H14N2Y-2. The van der Waals surface area contributed by atoms with Crippen molar-refractivity contribution in [1.29, 1.82) is 0 Å².